The molecule has 0 aliphatic rings. The monoisotopic (exact) mass is 480 g/mol. The fourth-order valence-corrected chi connectivity index (χ4v) is 3.01. The number of anilines is 1. The molecule has 0 fully saturated rings. The smallest absolute Gasteiger partial charge is 0.414 e. The number of rotatable bonds is 7. The molecule has 0 aliphatic heterocycles. The van der Waals surface area contributed by atoms with Gasteiger partial charge in [0.25, 0.3) is 11.5 Å². The highest BCUT2D eigenvalue weighted by molar-refractivity contribution is 6.46. The number of aromatic amines is 1. The van der Waals surface area contributed by atoms with E-state index in [1.807, 2.05) is 13.8 Å². The van der Waals surface area contributed by atoms with E-state index in [2.05, 4.69) is 20.7 Å². The highest BCUT2D eigenvalue weighted by Crippen LogP contribution is 2.38. The number of carboxylic acid groups (broad SMARTS) is 1. The van der Waals surface area contributed by atoms with E-state index in [9.17, 15) is 14.4 Å². The van der Waals surface area contributed by atoms with Crippen molar-refractivity contribution in [1.82, 2.24) is 15.1 Å². The van der Waals surface area contributed by atoms with Crippen LogP contribution in [-0.4, -0.2) is 44.5 Å². The van der Waals surface area contributed by atoms with Crippen molar-refractivity contribution >= 4 is 46.6 Å². The molecule has 32 heavy (non-hydrogen) atoms. The Balaban J connectivity index is 2.28. The van der Waals surface area contributed by atoms with Crippen molar-refractivity contribution in [2.45, 2.75) is 26.7 Å². The van der Waals surface area contributed by atoms with Crippen LogP contribution < -0.4 is 15.7 Å². The molecule has 0 spiro atoms. The number of aromatic nitrogens is 2. The summed E-state index contributed by atoms with van der Waals surface area (Å²) in [6.07, 6.45) is -1.51. The van der Waals surface area contributed by atoms with E-state index >= 15 is 0 Å². The summed E-state index contributed by atoms with van der Waals surface area (Å²) in [4.78, 5) is 35.4. The number of nitrogens with zero attached hydrogens (tertiary/aromatic N) is 4. The summed E-state index contributed by atoms with van der Waals surface area (Å²) in [7, 11) is 0. The van der Waals surface area contributed by atoms with Gasteiger partial charge in [-0.15, -0.1) is 5.10 Å². The number of nitriles is 1. The van der Waals surface area contributed by atoms with Crippen LogP contribution in [0.4, 0.5) is 10.5 Å². The molecular formula is C19H18Cl2N6O5. The molecule has 1 aromatic heterocycles. The molecular weight excluding hydrogens is 463 g/mol. The zero-order chi connectivity index (χ0) is 24.0. The molecule has 2 amide bonds. The van der Waals surface area contributed by atoms with Gasteiger partial charge in [0.1, 0.15) is 6.07 Å². The summed E-state index contributed by atoms with van der Waals surface area (Å²) >= 11 is 12.5. The average Bonchev–Trinajstić information content (AvgIpc) is 2.72. The van der Waals surface area contributed by atoms with Gasteiger partial charge in [-0.05, 0) is 25.0 Å². The maximum absolute atomic E-state index is 12.1. The number of benzene rings is 1. The minimum absolute atomic E-state index is 0.0415. The molecule has 0 atom stereocenters. The number of halogens is 2. The Morgan fingerprint density at radius 1 is 1.34 bits per heavy atom. The van der Waals surface area contributed by atoms with Gasteiger partial charge >= 0.3 is 6.09 Å². The van der Waals surface area contributed by atoms with Gasteiger partial charge in [-0.25, -0.2) is 14.8 Å². The first-order valence-corrected chi connectivity index (χ1v) is 9.89. The number of H-pyrrole nitrogens is 1. The number of carbonyl (C=O) groups excluding carboxylic acids is 1. The van der Waals surface area contributed by atoms with E-state index in [0.29, 0.717) is 10.5 Å². The fraction of sp³-hybridized carbons (Fsp3) is 0.263. The van der Waals surface area contributed by atoms with Crippen molar-refractivity contribution in [3.8, 4) is 17.7 Å². The SMILES string of the molecule is CCN(C(=O)O)C(=O)/C(C#N)=N\Nc1cc(Cl)c(Oc2cc(C(C)C)c(=O)[nH]n2)c(Cl)c1. The number of amides is 2. The number of carbonyl (C=O) groups is 2. The van der Waals surface area contributed by atoms with Gasteiger partial charge in [0, 0.05) is 18.2 Å². The standard InChI is InChI=1S/C19H18Cl2N6O5/c1-4-27(19(30)31)18(29)14(8-22)24-23-10-5-12(20)16(13(21)6-10)32-15-7-11(9(2)3)17(28)26-25-15/h5-7,9,23H,4H2,1-3H3,(H,26,28)(H,30,31)/b24-14-. The van der Waals surface area contributed by atoms with Gasteiger partial charge in [0.2, 0.25) is 11.6 Å². The molecule has 11 nitrogen and oxygen atoms in total. The fourth-order valence-electron chi connectivity index (χ4n) is 2.44. The Labute approximate surface area is 192 Å². The lowest BCUT2D eigenvalue weighted by Gasteiger charge is -2.14. The zero-order valence-corrected chi connectivity index (χ0v) is 18.7. The van der Waals surface area contributed by atoms with E-state index < -0.39 is 17.7 Å². The normalized spacial score (nSPS) is 11.1. The molecule has 0 saturated carbocycles. The van der Waals surface area contributed by atoms with E-state index in [1.165, 1.54) is 31.2 Å². The largest absolute Gasteiger partial charge is 0.465 e. The molecule has 168 valence electrons. The second-order valence-corrected chi connectivity index (χ2v) is 7.35. The average molecular weight is 481 g/mol. The lowest BCUT2D eigenvalue weighted by atomic mass is 10.1. The molecule has 13 heteroatoms. The van der Waals surface area contributed by atoms with Crippen LogP contribution in [0.25, 0.3) is 0 Å². The number of nitrogens with one attached hydrogen (secondary N) is 2. The van der Waals surface area contributed by atoms with E-state index in [1.54, 1.807) is 0 Å². The first-order valence-electron chi connectivity index (χ1n) is 9.14. The molecule has 3 N–H and O–H groups in total. The third-order valence-corrected chi connectivity index (χ3v) is 4.59. The highest BCUT2D eigenvalue weighted by atomic mass is 35.5. The Morgan fingerprint density at radius 2 is 1.97 bits per heavy atom. The van der Waals surface area contributed by atoms with Crippen LogP contribution in [0.2, 0.25) is 10.0 Å². The van der Waals surface area contributed by atoms with Crippen molar-refractivity contribution in [3.05, 3.63) is 44.2 Å². The van der Waals surface area contributed by atoms with Crippen LogP contribution in [0.1, 0.15) is 32.3 Å². The number of hydrogen-bond acceptors (Lipinski definition) is 8. The molecule has 1 heterocycles. The predicted molar refractivity (Wildman–Crippen MR) is 118 cm³/mol. The lowest BCUT2D eigenvalue weighted by molar-refractivity contribution is -0.121. The number of hydrazone groups is 1. The Bertz CT molecular complexity index is 1150. The Morgan fingerprint density at radius 3 is 2.47 bits per heavy atom. The van der Waals surface area contributed by atoms with E-state index in [-0.39, 0.29) is 45.4 Å². The minimum atomic E-state index is -1.51. The molecule has 1 aromatic carbocycles. The van der Waals surface area contributed by atoms with Gasteiger partial charge in [-0.2, -0.15) is 10.4 Å². The first-order chi connectivity index (χ1) is 15.1. The maximum Gasteiger partial charge on any atom is 0.414 e. The second-order valence-electron chi connectivity index (χ2n) is 6.53. The summed E-state index contributed by atoms with van der Waals surface area (Å²) < 4.78 is 5.61. The van der Waals surface area contributed by atoms with Crippen molar-refractivity contribution in [1.29, 1.82) is 5.26 Å². The minimum Gasteiger partial charge on any atom is -0.465 e. The van der Waals surface area contributed by atoms with E-state index in [4.69, 9.17) is 38.3 Å². The molecule has 0 aliphatic carbocycles. The van der Waals surface area contributed by atoms with Crippen LogP contribution in [0.5, 0.6) is 11.6 Å². The zero-order valence-electron chi connectivity index (χ0n) is 17.1. The molecule has 0 bridgehead atoms. The molecule has 0 unspecified atom stereocenters. The van der Waals surface area contributed by atoms with E-state index in [0.717, 1.165) is 0 Å². The summed E-state index contributed by atoms with van der Waals surface area (Å²) in [5.74, 6) is -1.03. The van der Waals surface area contributed by atoms with Crippen LogP contribution in [0, 0.1) is 11.3 Å². The molecule has 0 saturated heterocycles. The highest BCUT2D eigenvalue weighted by Gasteiger charge is 2.24. The topological polar surface area (TPSA) is 161 Å². The van der Waals surface area contributed by atoms with Crippen molar-refractivity contribution in [3.63, 3.8) is 0 Å². The lowest BCUT2D eigenvalue weighted by Crippen LogP contribution is -2.40. The summed E-state index contributed by atoms with van der Waals surface area (Å²) in [5.41, 5.74) is 2.08. The molecule has 0 radical (unpaired) electrons. The third kappa shape index (κ3) is 5.75. The summed E-state index contributed by atoms with van der Waals surface area (Å²) in [6.45, 7) is 4.96. The first kappa shape index (κ1) is 24.6. The van der Waals surface area contributed by atoms with Gasteiger partial charge in [-0.3, -0.25) is 15.0 Å². The van der Waals surface area contributed by atoms with Crippen molar-refractivity contribution in [2.75, 3.05) is 12.0 Å². The quantitative estimate of drug-likeness (QED) is 0.397. The second kappa shape index (κ2) is 10.6. The molecule has 2 rings (SSSR count). The number of ether oxygens (including phenoxy) is 1. The van der Waals surface area contributed by atoms with Crippen molar-refractivity contribution < 1.29 is 19.4 Å². The van der Waals surface area contributed by atoms with Crippen LogP contribution in [0.3, 0.4) is 0 Å². The van der Waals surface area contributed by atoms with Gasteiger partial charge in [0.05, 0.1) is 15.7 Å². The van der Waals surface area contributed by atoms with Gasteiger partial charge < -0.3 is 9.84 Å². The number of hydrogen-bond donors (Lipinski definition) is 3. The predicted octanol–water partition coefficient (Wildman–Crippen LogP) is 3.81. The summed E-state index contributed by atoms with van der Waals surface area (Å²) in [6, 6.07) is 5.72. The maximum atomic E-state index is 12.1. The Hall–Kier alpha value is -3.62. The molecule has 2 aromatic rings. The van der Waals surface area contributed by atoms with Crippen LogP contribution >= 0.6 is 23.2 Å². The van der Waals surface area contributed by atoms with Gasteiger partial charge in [0.15, 0.2) is 5.75 Å². The van der Waals surface area contributed by atoms with Crippen LogP contribution in [0.15, 0.2) is 28.1 Å². The Kier molecular flexibility index (Phi) is 8.17. The summed E-state index contributed by atoms with van der Waals surface area (Å²) in [5, 5.41) is 28.0. The third-order valence-electron chi connectivity index (χ3n) is 4.03. The van der Waals surface area contributed by atoms with Crippen LogP contribution in [-0.2, 0) is 4.79 Å². The van der Waals surface area contributed by atoms with Gasteiger partial charge in [-0.1, -0.05) is 37.0 Å². The number of imide groups is 1. The van der Waals surface area contributed by atoms with Crippen molar-refractivity contribution in [2.24, 2.45) is 5.10 Å².